The first-order valence-corrected chi connectivity index (χ1v) is 7.79. The van der Waals surface area contributed by atoms with Crippen LogP contribution in [0.5, 0.6) is 5.75 Å². The number of ether oxygens (including phenoxy) is 2. The molecule has 0 saturated heterocycles. The Hall–Kier alpha value is -1.06. The average molecular weight is 291 g/mol. The zero-order valence-electron chi connectivity index (χ0n) is 14.0. The summed E-state index contributed by atoms with van der Waals surface area (Å²) in [6.07, 6.45) is 4.35. The molecule has 1 atom stereocenters. The summed E-state index contributed by atoms with van der Waals surface area (Å²) >= 11 is 0. The minimum absolute atomic E-state index is 0.0930. The molecule has 0 amide bonds. The Kier molecular flexibility index (Phi) is 4.64. The van der Waals surface area contributed by atoms with Crippen LogP contribution in [0, 0.1) is 12.3 Å². The second kappa shape index (κ2) is 5.98. The quantitative estimate of drug-likeness (QED) is 0.912. The van der Waals surface area contributed by atoms with Crippen LogP contribution in [0.25, 0.3) is 0 Å². The smallest absolute Gasteiger partial charge is 0.119 e. The number of nitrogens with two attached hydrogens (primary N) is 1. The number of aryl methyl sites for hydroxylation is 1. The minimum Gasteiger partial charge on any atom is -0.497 e. The van der Waals surface area contributed by atoms with Crippen molar-refractivity contribution in [3.63, 3.8) is 0 Å². The van der Waals surface area contributed by atoms with Gasteiger partial charge in [-0.05, 0) is 61.3 Å². The molecule has 21 heavy (non-hydrogen) atoms. The fourth-order valence-electron chi connectivity index (χ4n) is 3.40. The van der Waals surface area contributed by atoms with Gasteiger partial charge in [0.05, 0.1) is 18.8 Å². The fraction of sp³-hybridized carbons (Fsp3) is 0.667. The summed E-state index contributed by atoms with van der Waals surface area (Å²) in [6, 6.07) is 6.02. The molecule has 0 spiro atoms. The number of hydrogen-bond donors (Lipinski definition) is 1. The molecule has 1 aromatic rings. The molecular formula is C18H29NO2. The zero-order chi connectivity index (χ0) is 15.7. The van der Waals surface area contributed by atoms with Crippen LogP contribution in [0.1, 0.15) is 56.7 Å². The number of hydrogen-bond acceptors (Lipinski definition) is 3. The van der Waals surface area contributed by atoms with Crippen LogP contribution in [0.15, 0.2) is 18.2 Å². The number of methoxy groups -OCH3 is 2. The lowest BCUT2D eigenvalue weighted by Gasteiger charge is -2.46. The normalized spacial score (nSPS) is 21.8. The molecule has 0 aliphatic heterocycles. The van der Waals surface area contributed by atoms with Gasteiger partial charge in [-0.3, -0.25) is 0 Å². The molecule has 0 bridgehead atoms. The molecular weight excluding hydrogens is 262 g/mol. The summed E-state index contributed by atoms with van der Waals surface area (Å²) in [6.45, 7) is 6.75. The number of benzene rings is 1. The summed E-state index contributed by atoms with van der Waals surface area (Å²) < 4.78 is 11.2. The topological polar surface area (TPSA) is 44.5 Å². The third kappa shape index (κ3) is 3.24. The van der Waals surface area contributed by atoms with E-state index in [1.54, 1.807) is 14.2 Å². The van der Waals surface area contributed by atoms with Crippen molar-refractivity contribution in [1.82, 2.24) is 0 Å². The van der Waals surface area contributed by atoms with E-state index in [2.05, 4.69) is 26.8 Å². The fourth-order valence-corrected chi connectivity index (χ4v) is 3.40. The van der Waals surface area contributed by atoms with Crippen LogP contribution >= 0.6 is 0 Å². The van der Waals surface area contributed by atoms with Gasteiger partial charge in [0.2, 0.25) is 0 Å². The monoisotopic (exact) mass is 291 g/mol. The van der Waals surface area contributed by atoms with E-state index in [9.17, 15) is 0 Å². The predicted octanol–water partition coefficient (Wildman–Crippen LogP) is 3.99. The van der Waals surface area contributed by atoms with E-state index in [0.29, 0.717) is 5.41 Å². The lowest BCUT2D eigenvalue weighted by molar-refractivity contribution is -0.0795. The Morgan fingerprint density at radius 3 is 2.19 bits per heavy atom. The van der Waals surface area contributed by atoms with Crippen LogP contribution in [-0.4, -0.2) is 19.8 Å². The zero-order valence-corrected chi connectivity index (χ0v) is 14.0. The Morgan fingerprint density at radius 2 is 1.71 bits per heavy atom. The Morgan fingerprint density at radius 1 is 1.10 bits per heavy atom. The van der Waals surface area contributed by atoms with Gasteiger partial charge in [-0.1, -0.05) is 19.9 Å². The maximum atomic E-state index is 6.63. The van der Waals surface area contributed by atoms with Gasteiger partial charge in [0.25, 0.3) is 0 Å². The molecule has 3 heteroatoms. The molecule has 1 aromatic carbocycles. The highest BCUT2D eigenvalue weighted by molar-refractivity contribution is 5.38. The van der Waals surface area contributed by atoms with Gasteiger partial charge in [-0.15, -0.1) is 0 Å². The summed E-state index contributed by atoms with van der Waals surface area (Å²) in [5.41, 5.74) is 9.12. The van der Waals surface area contributed by atoms with Crippen molar-refractivity contribution in [1.29, 1.82) is 0 Å². The van der Waals surface area contributed by atoms with Crippen molar-refractivity contribution in [2.75, 3.05) is 14.2 Å². The van der Waals surface area contributed by atoms with Crippen LogP contribution in [0.4, 0.5) is 0 Å². The van der Waals surface area contributed by atoms with Gasteiger partial charge in [0, 0.05) is 7.11 Å². The first-order valence-electron chi connectivity index (χ1n) is 7.79. The highest BCUT2D eigenvalue weighted by Crippen LogP contribution is 2.47. The highest BCUT2D eigenvalue weighted by atomic mass is 16.5. The second-order valence-electron chi connectivity index (χ2n) is 7.13. The first-order chi connectivity index (χ1) is 9.83. The van der Waals surface area contributed by atoms with E-state index in [4.69, 9.17) is 15.2 Å². The second-order valence-corrected chi connectivity index (χ2v) is 7.13. The van der Waals surface area contributed by atoms with E-state index < -0.39 is 0 Å². The predicted molar refractivity (Wildman–Crippen MR) is 86.6 cm³/mol. The van der Waals surface area contributed by atoms with Crippen molar-refractivity contribution in [2.45, 2.75) is 58.1 Å². The number of rotatable bonds is 4. The van der Waals surface area contributed by atoms with Crippen molar-refractivity contribution >= 4 is 0 Å². The molecule has 0 heterocycles. The van der Waals surface area contributed by atoms with Crippen LogP contribution in [-0.2, 0) is 4.74 Å². The average Bonchev–Trinajstić information content (AvgIpc) is 2.47. The van der Waals surface area contributed by atoms with Gasteiger partial charge >= 0.3 is 0 Å². The van der Waals surface area contributed by atoms with E-state index in [0.717, 1.165) is 37.0 Å². The van der Waals surface area contributed by atoms with Crippen LogP contribution in [0.3, 0.4) is 0 Å². The molecule has 1 fully saturated rings. The molecule has 1 aliphatic rings. The van der Waals surface area contributed by atoms with Crippen LogP contribution < -0.4 is 10.5 Å². The maximum absolute atomic E-state index is 6.63. The Balaban J connectivity index is 2.26. The maximum Gasteiger partial charge on any atom is 0.119 e. The van der Waals surface area contributed by atoms with Crippen molar-refractivity contribution in [3.05, 3.63) is 29.3 Å². The lowest BCUT2D eigenvalue weighted by Crippen LogP contribution is -2.47. The summed E-state index contributed by atoms with van der Waals surface area (Å²) in [4.78, 5) is 0. The summed E-state index contributed by atoms with van der Waals surface area (Å²) in [5, 5.41) is 0. The highest BCUT2D eigenvalue weighted by Gasteiger charge is 2.43. The molecule has 1 saturated carbocycles. The van der Waals surface area contributed by atoms with E-state index in [1.165, 1.54) is 5.56 Å². The van der Waals surface area contributed by atoms with Gasteiger partial charge in [0.1, 0.15) is 5.75 Å². The van der Waals surface area contributed by atoms with E-state index in [1.807, 2.05) is 12.1 Å². The third-order valence-electron chi connectivity index (χ3n) is 5.24. The van der Waals surface area contributed by atoms with Gasteiger partial charge in [-0.2, -0.15) is 0 Å². The molecule has 0 radical (unpaired) electrons. The third-order valence-corrected chi connectivity index (χ3v) is 5.24. The largest absolute Gasteiger partial charge is 0.497 e. The summed E-state index contributed by atoms with van der Waals surface area (Å²) in [7, 11) is 3.49. The first kappa shape index (κ1) is 16.3. The summed E-state index contributed by atoms with van der Waals surface area (Å²) in [5.74, 6) is 0.875. The Bertz CT molecular complexity index is 486. The van der Waals surface area contributed by atoms with Crippen molar-refractivity contribution in [3.8, 4) is 5.75 Å². The molecule has 0 aromatic heterocycles. The van der Waals surface area contributed by atoms with Crippen molar-refractivity contribution < 1.29 is 9.47 Å². The molecule has 2 N–H and O–H groups in total. The molecule has 3 nitrogen and oxygen atoms in total. The molecule has 2 rings (SSSR count). The molecule has 1 aliphatic carbocycles. The Labute approximate surface area is 128 Å². The van der Waals surface area contributed by atoms with Crippen LogP contribution in [0.2, 0.25) is 0 Å². The minimum atomic E-state index is -0.241. The SMILES string of the molecule is COc1ccc(C(N)C2(OC)CCC(C)(C)CC2)c(C)c1. The lowest BCUT2D eigenvalue weighted by atomic mass is 9.67. The van der Waals surface area contributed by atoms with E-state index >= 15 is 0 Å². The molecule has 118 valence electrons. The van der Waals surface area contributed by atoms with Gasteiger partial charge in [0.15, 0.2) is 0 Å². The van der Waals surface area contributed by atoms with Crippen molar-refractivity contribution in [2.24, 2.45) is 11.1 Å². The molecule has 1 unspecified atom stereocenters. The standard InChI is InChI=1S/C18H29NO2/c1-13-12-14(20-4)6-7-15(13)16(19)18(21-5)10-8-17(2,3)9-11-18/h6-7,12,16H,8-11,19H2,1-5H3. The van der Waals surface area contributed by atoms with Gasteiger partial charge < -0.3 is 15.2 Å². The van der Waals surface area contributed by atoms with Gasteiger partial charge in [-0.25, -0.2) is 0 Å². The van der Waals surface area contributed by atoms with E-state index in [-0.39, 0.29) is 11.6 Å².